The molecule has 1 aromatic carbocycles. The van der Waals surface area contributed by atoms with Crippen molar-refractivity contribution >= 4 is 17.7 Å². The first-order chi connectivity index (χ1) is 10.7. The van der Waals surface area contributed by atoms with E-state index in [1.807, 2.05) is 6.92 Å². The number of benzene rings is 1. The van der Waals surface area contributed by atoms with Crippen molar-refractivity contribution in [3.05, 3.63) is 29.8 Å². The number of rotatable bonds is 5. The Kier molecular flexibility index (Phi) is 6.25. The number of amides is 1. The first-order valence-electron chi connectivity index (χ1n) is 7.94. The average Bonchev–Trinajstić information content (AvgIpc) is 2.54. The third-order valence-corrected chi connectivity index (χ3v) is 3.63. The maximum Gasteiger partial charge on any atom is 0.411 e. The number of nitrogens with one attached hydrogen (secondary N) is 1. The molecule has 5 nitrogen and oxygen atoms in total. The van der Waals surface area contributed by atoms with Gasteiger partial charge < -0.3 is 9.47 Å². The molecule has 0 aliphatic heterocycles. The molecule has 0 bridgehead atoms. The van der Waals surface area contributed by atoms with E-state index in [0.717, 1.165) is 32.1 Å². The summed E-state index contributed by atoms with van der Waals surface area (Å²) >= 11 is 0. The third kappa shape index (κ3) is 5.06. The van der Waals surface area contributed by atoms with E-state index in [1.165, 1.54) is 6.42 Å². The molecule has 0 saturated heterocycles. The maximum atomic E-state index is 12.1. The van der Waals surface area contributed by atoms with Gasteiger partial charge in [0.15, 0.2) is 0 Å². The van der Waals surface area contributed by atoms with Crippen LogP contribution in [0.15, 0.2) is 24.3 Å². The van der Waals surface area contributed by atoms with E-state index in [2.05, 4.69) is 5.32 Å². The minimum Gasteiger partial charge on any atom is -0.459 e. The SMILES string of the molecule is CCCOC(=O)Nc1ccc(C(=O)OC2CCCCC2)cc1. The van der Waals surface area contributed by atoms with Crippen molar-refractivity contribution in [2.75, 3.05) is 11.9 Å². The van der Waals surface area contributed by atoms with E-state index in [0.29, 0.717) is 17.9 Å². The Morgan fingerprint density at radius 1 is 1.14 bits per heavy atom. The molecule has 1 fully saturated rings. The first kappa shape index (κ1) is 16.3. The second-order valence-corrected chi connectivity index (χ2v) is 5.50. The Morgan fingerprint density at radius 3 is 2.45 bits per heavy atom. The molecule has 0 spiro atoms. The fourth-order valence-electron chi connectivity index (χ4n) is 2.44. The highest BCUT2D eigenvalue weighted by atomic mass is 16.5. The lowest BCUT2D eigenvalue weighted by atomic mass is 9.98. The van der Waals surface area contributed by atoms with Gasteiger partial charge in [0.05, 0.1) is 12.2 Å². The minimum atomic E-state index is -0.487. The minimum absolute atomic E-state index is 0.0445. The van der Waals surface area contributed by atoms with Gasteiger partial charge >= 0.3 is 12.1 Å². The van der Waals surface area contributed by atoms with E-state index in [1.54, 1.807) is 24.3 Å². The molecule has 0 unspecified atom stereocenters. The number of hydrogen-bond donors (Lipinski definition) is 1. The summed E-state index contributed by atoms with van der Waals surface area (Å²) < 4.78 is 10.4. The molecule has 5 heteroatoms. The standard InChI is InChI=1S/C17H23NO4/c1-2-12-21-17(20)18-14-10-8-13(9-11-14)16(19)22-15-6-4-3-5-7-15/h8-11,15H,2-7,12H2,1H3,(H,18,20). The first-order valence-corrected chi connectivity index (χ1v) is 7.94. The molecule has 0 radical (unpaired) electrons. The smallest absolute Gasteiger partial charge is 0.411 e. The van der Waals surface area contributed by atoms with Gasteiger partial charge in [-0.05, 0) is 56.4 Å². The average molecular weight is 305 g/mol. The van der Waals surface area contributed by atoms with Crippen LogP contribution < -0.4 is 5.32 Å². The lowest BCUT2D eigenvalue weighted by Crippen LogP contribution is -2.21. The molecule has 1 aliphatic carbocycles. The van der Waals surface area contributed by atoms with Crippen LogP contribution in [-0.2, 0) is 9.47 Å². The van der Waals surface area contributed by atoms with Crippen LogP contribution in [0.25, 0.3) is 0 Å². The number of carbonyl (C=O) groups excluding carboxylic acids is 2. The Morgan fingerprint density at radius 2 is 1.82 bits per heavy atom. The molecule has 0 atom stereocenters. The van der Waals surface area contributed by atoms with E-state index < -0.39 is 6.09 Å². The van der Waals surface area contributed by atoms with E-state index >= 15 is 0 Å². The molecule has 22 heavy (non-hydrogen) atoms. The summed E-state index contributed by atoms with van der Waals surface area (Å²) in [6.07, 6.45) is 5.72. The van der Waals surface area contributed by atoms with E-state index in [-0.39, 0.29) is 12.1 Å². The number of ether oxygens (including phenoxy) is 2. The Hall–Kier alpha value is -2.04. The summed E-state index contributed by atoms with van der Waals surface area (Å²) in [7, 11) is 0. The normalized spacial score (nSPS) is 15.1. The van der Waals surface area contributed by atoms with Gasteiger partial charge in [-0.15, -0.1) is 0 Å². The van der Waals surface area contributed by atoms with Gasteiger partial charge in [-0.3, -0.25) is 5.32 Å². The van der Waals surface area contributed by atoms with E-state index in [4.69, 9.17) is 9.47 Å². The topological polar surface area (TPSA) is 64.6 Å². The van der Waals surface area contributed by atoms with Crippen LogP contribution in [0, 0.1) is 0 Å². The Balaban J connectivity index is 1.85. The van der Waals surface area contributed by atoms with E-state index in [9.17, 15) is 9.59 Å². The summed E-state index contributed by atoms with van der Waals surface area (Å²) in [5.74, 6) is -0.299. The van der Waals surface area contributed by atoms with Crippen molar-refractivity contribution in [2.24, 2.45) is 0 Å². The molecule has 0 heterocycles. The molecule has 1 aliphatic rings. The Bertz CT molecular complexity index is 492. The zero-order valence-corrected chi connectivity index (χ0v) is 13.0. The van der Waals surface area contributed by atoms with Crippen LogP contribution in [0.4, 0.5) is 10.5 Å². The summed E-state index contributed by atoms with van der Waals surface area (Å²) in [6.45, 7) is 2.32. The molecule has 1 aromatic rings. The van der Waals surface area contributed by atoms with Gasteiger partial charge in [0.25, 0.3) is 0 Å². The van der Waals surface area contributed by atoms with Crippen molar-refractivity contribution in [2.45, 2.75) is 51.6 Å². The number of esters is 1. The highest BCUT2D eigenvalue weighted by Crippen LogP contribution is 2.21. The van der Waals surface area contributed by atoms with Crippen molar-refractivity contribution < 1.29 is 19.1 Å². The highest BCUT2D eigenvalue weighted by molar-refractivity contribution is 5.91. The quantitative estimate of drug-likeness (QED) is 0.831. The van der Waals surface area contributed by atoms with Crippen molar-refractivity contribution in [3.8, 4) is 0 Å². The van der Waals surface area contributed by atoms with Gasteiger partial charge in [-0.25, -0.2) is 9.59 Å². The van der Waals surface area contributed by atoms with Gasteiger partial charge in [0.1, 0.15) is 6.10 Å². The van der Waals surface area contributed by atoms with Gasteiger partial charge in [-0.1, -0.05) is 13.3 Å². The van der Waals surface area contributed by atoms with Crippen LogP contribution in [0.2, 0.25) is 0 Å². The summed E-state index contributed by atoms with van der Waals surface area (Å²) in [5, 5.41) is 2.61. The Labute approximate surface area is 131 Å². The van der Waals surface area contributed by atoms with Gasteiger partial charge in [0, 0.05) is 5.69 Å². The number of hydrogen-bond acceptors (Lipinski definition) is 4. The molecule has 1 saturated carbocycles. The molecule has 1 amide bonds. The lowest BCUT2D eigenvalue weighted by molar-refractivity contribution is 0.0211. The predicted octanol–water partition coefficient (Wildman–Crippen LogP) is 4.13. The number of anilines is 1. The summed E-state index contributed by atoms with van der Waals surface area (Å²) in [5.41, 5.74) is 1.09. The molecule has 120 valence electrons. The van der Waals surface area contributed by atoms with Crippen molar-refractivity contribution in [1.82, 2.24) is 0 Å². The summed E-state index contributed by atoms with van der Waals surface area (Å²) in [4.78, 5) is 23.5. The lowest BCUT2D eigenvalue weighted by Gasteiger charge is -2.21. The van der Waals surface area contributed by atoms with Crippen LogP contribution in [0.1, 0.15) is 55.8 Å². The van der Waals surface area contributed by atoms with Crippen molar-refractivity contribution in [1.29, 1.82) is 0 Å². The zero-order valence-electron chi connectivity index (χ0n) is 13.0. The van der Waals surface area contributed by atoms with Crippen LogP contribution in [0.5, 0.6) is 0 Å². The summed E-state index contributed by atoms with van der Waals surface area (Å²) in [6, 6.07) is 6.65. The van der Waals surface area contributed by atoms with Crippen molar-refractivity contribution in [3.63, 3.8) is 0 Å². The molecular formula is C17H23NO4. The zero-order chi connectivity index (χ0) is 15.8. The molecule has 0 aromatic heterocycles. The second kappa shape index (κ2) is 8.41. The number of carbonyl (C=O) groups is 2. The predicted molar refractivity (Wildman–Crippen MR) is 84.0 cm³/mol. The molecule has 2 rings (SSSR count). The molecule has 1 N–H and O–H groups in total. The van der Waals surface area contributed by atoms with Crippen LogP contribution in [-0.4, -0.2) is 24.8 Å². The monoisotopic (exact) mass is 305 g/mol. The van der Waals surface area contributed by atoms with Crippen LogP contribution >= 0.6 is 0 Å². The molecular weight excluding hydrogens is 282 g/mol. The fraction of sp³-hybridized carbons (Fsp3) is 0.529. The third-order valence-electron chi connectivity index (χ3n) is 3.63. The second-order valence-electron chi connectivity index (χ2n) is 5.50. The highest BCUT2D eigenvalue weighted by Gasteiger charge is 2.18. The fourth-order valence-corrected chi connectivity index (χ4v) is 2.44. The maximum absolute atomic E-state index is 12.1. The van der Waals surface area contributed by atoms with Gasteiger partial charge in [-0.2, -0.15) is 0 Å². The van der Waals surface area contributed by atoms with Crippen LogP contribution in [0.3, 0.4) is 0 Å². The largest absolute Gasteiger partial charge is 0.459 e. The van der Waals surface area contributed by atoms with Gasteiger partial charge in [0.2, 0.25) is 0 Å².